The zero-order valence-electron chi connectivity index (χ0n) is 18.8. The molecule has 0 unspecified atom stereocenters. The number of aromatic nitrogens is 1. The van der Waals surface area contributed by atoms with Crippen molar-refractivity contribution in [2.24, 2.45) is 0 Å². The number of halogens is 2. The first-order valence-electron chi connectivity index (χ1n) is 11.2. The van der Waals surface area contributed by atoms with Gasteiger partial charge in [0.2, 0.25) is 26.6 Å². The summed E-state index contributed by atoms with van der Waals surface area (Å²) in [4.78, 5) is 8.20. The molecule has 1 aromatic heterocycles. The molecule has 3 aromatic carbocycles. The normalized spacial score (nSPS) is 14.9. The fourth-order valence-electron chi connectivity index (χ4n) is 4.10. The largest absolute Gasteiger partial charge is 0.419 e. The zero-order chi connectivity index (χ0) is 24.4. The Balaban J connectivity index is 1.48. The van der Waals surface area contributed by atoms with Crippen LogP contribution in [0.2, 0.25) is 0 Å². The number of benzene rings is 3. The maximum Gasteiger partial charge on any atom is 0.236 e. The van der Waals surface area contributed by atoms with Crippen molar-refractivity contribution in [3.8, 4) is 11.5 Å². The molecule has 180 valence electrons. The molecule has 6 nitrogen and oxygen atoms in total. The molecule has 0 radical (unpaired) electrons. The molecular formula is C26H23F2N3O3S. The Labute approximate surface area is 202 Å². The lowest BCUT2D eigenvalue weighted by atomic mass is 10.2. The number of rotatable bonds is 6. The summed E-state index contributed by atoms with van der Waals surface area (Å²) in [5.41, 5.74) is 1.26. The van der Waals surface area contributed by atoms with E-state index in [4.69, 9.17) is 4.42 Å². The minimum absolute atomic E-state index is 0.0620. The summed E-state index contributed by atoms with van der Waals surface area (Å²) in [6.45, 7) is 3.16. The van der Waals surface area contributed by atoms with Crippen molar-refractivity contribution in [1.82, 2.24) is 9.88 Å². The van der Waals surface area contributed by atoms with Crippen LogP contribution in [0, 0.1) is 11.6 Å². The van der Waals surface area contributed by atoms with Gasteiger partial charge >= 0.3 is 0 Å². The highest BCUT2D eigenvalue weighted by molar-refractivity contribution is 7.91. The lowest BCUT2D eigenvalue weighted by Crippen LogP contribution is -2.46. The van der Waals surface area contributed by atoms with Crippen LogP contribution < -0.4 is 4.90 Å². The van der Waals surface area contributed by atoms with E-state index in [9.17, 15) is 17.2 Å². The number of sulfone groups is 1. The van der Waals surface area contributed by atoms with Crippen molar-refractivity contribution >= 4 is 15.7 Å². The molecule has 2 heterocycles. The Hall–Kier alpha value is -3.56. The summed E-state index contributed by atoms with van der Waals surface area (Å²) in [5.74, 6) is -1.18. The van der Waals surface area contributed by atoms with Gasteiger partial charge in [0, 0.05) is 32.7 Å². The average Bonchev–Trinajstić information content (AvgIpc) is 3.32. The summed E-state index contributed by atoms with van der Waals surface area (Å²) in [5, 5.41) is -0.307. The first-order valence-corrected chi connectivity index (χ1v) is 12.7. The monoisotopic (exact) mass is 495 g/mol. The number of anilines is 1. The van der Waals surface area contributed by atoms with Crippen LogP contribution >= 0.6 is 0 Å². The van der Waals surface area contributed by atoms with Gasteiger partial charge in [0.05, 0.1) is 10.5 Å². The summed E-state index contributed by atoms with van der Waals surface area (Å²) >= 11 is 0. The second kappa shape index (κ2) is 9.59. The molecule has 0 aliphatic carbocycles. The van der Waals surface area contributed by atoms with Crippen molar-refractivity contribution in [3.05, 3.63) is 96.1 Å². The Kier molecular flexibility index (Phi) is 6.36. The van der Waals surface area contributed by atoms with Gasteiger partial charge in [-0.15, -0.1) is 0 Å². The minimum Gasteiger partial charge on any atom is -0.419 e. The molecule has 35 heavy (non-hydrogen) atoms. The fourth-order valence-corrected chi connectivity index (χ4v) is 5.42. The molecule has 0 saturated carbocycles. The van der Waals surface area contributed by atoms with Crippen LogP contribution in [-0.4, -0.2) is 44.5 Å². The Morgan fingerprint density at radius 3 is 2.17 bits per heavy atom. The topological polar surface area (TPSA) is 66.7 Å². The van der Waals surface area contributed by atoms with Crippen LogP contribution in [0.4, 0.5) is 14.7 Å². The minimum atomic E-state index is -4.15. The lowest BCUT2D eigenvalue weighted by molar-refractivity contribution is 0.245. The third-order valence-corrected chi connectivity index (χ3v) is 7.64. The van der Waals surface area contributed by atoms with Crippen LogP contribution in [-0.2, 0) is 16.4 Å². The highest BCUT2D eigenvalue weighted by Gasteiger charge is 2.33. The predicted molar refractivity (Wildman–Crippen MR) is 128 cm³/mol. The van der Waals surface area contributed by atoms with Crippen molar-refractivity contribution in [2.45, 2.75) is 16.5 Å². The summed E-state index contributed by atoms with van der Waals surface area (Å²) in [6.07, 6.45) is 0. The molecule has 1 aliphatic heterocycles. The van der Waals surface area contributed by atoms with Gasteiger partial charge in [-0.25, -0.2) is 17.2 Å². The molecule has 0 N–H and O–H groups in total. The van der Waals surface area contributed by atoms with E-state index in [0.717, 1.165) is 18.7 Å². The number of hydrogen-bond donors (Lipinski definition) is 0. The van der Waals surface area contributed by atoms with Crippen molar-refractivity contribution in [1.29, 1.82) is 0 Å². The quantitative estimate of drug-likeness (QED) is 0.359. The standard InChI is InChI=1S/C26H23F2N3O3S/c27-20-10-12-21(13-11-20)35(32,33)25-26(34-24(29-25)22-8-4-5-9-23(22)28)31-16-14-30(15-17-31)18-19-6-2-1-3-7-19/h1-13H,14-18H2. The van der Waals surface area contributed by atoms with E-state index in [-0.39, 0.29) is 27.3 Å². The second-order valence-electron chi connectivity index (χ2n) is 8.32. The first kappa shape index (κ1) is 23.2. The van der Waals surface area contributed by atoms with Gasteiger partial charge in [-0.2, -0.15) is 4.98 Å². The molecule has 0 spiro atoms. The third kappa shape index (κ3) is 4.82. The maximum atomic E-state index is 14.5. The number of piperazine rings is 1. The van der Waals surface area contributed by atoms with Gasteiger partial charge < -0.3 is 9.32 Å². The van der Waals surface area contributed by atoms with Crippen molar-refractivity contribution < 1.29 is 21.6 Å². The van der Waals surface area contributed by atoms with E-state index in [0.29, 0.717) is 26.2 Å². The number of oxazole rings is 1. The molecule has 0 atom stereocenters. The number of hydrogen-bond acceptors (Lipinski definition) is 6. The third-order valence-electron chi connectivity index (χ3n) is 5.97. The molecule has 1 saturated heterocycles. The second-order valence-corrected chi connectivity index (χ2v) is 10.2. The van der Waals surface area contributed by atoms with Crippen LogP contribution in [0.3, 0.4) is 0 Å². The van der Waals surface area contributed by atoms with Crippen LogP contribution in [0.1, 0.15) is 5.56 Å². The van der Waals surface area contributed by atoms with Gasteiger partial charge in [0.1, 0.15) is 11.6 Å². The summed E-state index contributed by atoms with van der Waals surface area (Å²) in [6, 6.07) is 20.5. The van der Waals surface area contributed by atoms with E-state index in [1.165, 1.54) is 35.9 Å². The molecule has 0 bridgehead atoms. The highest BCUT2D eigenvalue weighted by Crippen LogP contribution is 2.36. The maximum absolute atomic E-state index is 14.5. The van der Waals surface area contributed by atoms with Crippen LogP contribution in [0.15, 0.2) is 93.2 Å². The smallest absolute Gasteiger partial charge is 0.236 e. The summed E-state index contributed by atoms with van der Waals surface area (Å²) < 4.78 is 60.7. The highest BCUT2D eigenvalue weighted by atomic mass is 32.2. The van der Waals surface area contributed by atoms with Crippen molar-refractivity contribution in [3.63, 3.8) is 0 Å². The predicted octanol–water partition coefficient (Wildman–Crippen LogP) is 4.77. The Morgan fingerprint density at radius 1 is 0.829 bits per heavy atom. The van der Waals surface area contributed by atoms with E-state index in [1.807, 2.05) is 23.1 Å². The van der Waals surface area contributed by atoms with E-state index in [2.05, 4.69) is 22.0 Å². The van der Waals surface area contributed by atoms with Gasteiger partial charge in [0.15, 0.2) is 0 Å². The van der Waals surface area contributed by atoms with Crippen molar-refractivity contribution in [2.75, 3.05) is 31.1 Å². The Morgan fingerprint density at radius 2 is 1.49 bits per heavy atom. The average molecular weight is 496 g/mol. The number of nitrogens with zero attached hydrogens (tertiary/aromatic N) is 3. The molecule has 1 fully saturated rings. The molecular weight excluding hydrogens is 472 g/mol. The summed E-state index contributed by atoms with van der Waals surface area (Å²) in [7, 11) is -4.15. The lowest BCUT2D eigenvalue weighted by Gasteiger charge is -2.34. The van der Waals surface area contributed by atoms with Gasteiger partial charge in [0.25, 0.3) is 0 Å². The zero-order valence-corrected chi connectivity index (χ0v) is 19.6. The van der Waals surface area contributed by atoms with E-state index < -0.39 is 21.5 Å². The Bertz CT molecular complexity index is 1420. The SMILES string of the molecule is O=S(=O)(c1ccc(F)cc1)c1nc(-c2ccccc2F)oc1N1CCN(Cc2ccccc2)CC1. The first-order chi connectivity index (χ1) is 16.9. The molecule has 0 amide bonds. The van der Waals surface area contributed by atoms with Gasteiger partial charge in [-0.05, 0) is 42.0 Å². The fraction of sp³-hybridized carbons (Fsp3) is 0.192. The van der Waals surface area contributed by atoms with Crippen LogP contribution in [0.5, 0.6) is 0 Å². The van der Waals surface area contributed by atoms with Gasteiger partial charge in [-0.3, -0.25) is 4.90 Å². The molecule has 1 aliphatic rings. The van der Waals surface area contributed by atoms with E-state index >= 15 is 0 Å². The van der Waals surface area contributed by atoms with Crippen LogP contribution in [0.25, 0.3) is 11.5 Å². The van der Waals surface area contributed by atoms with E-state index in [1.54, 1.807) is 6.07 Å². The van der Waals surface area contributed by atoms with Gasteiger partial charge in [-0.1, -0.05) is 42.5 Å². The molecule has 9 heteroatoms. The molecule has 5 rings (SSSR count). The molecule has 4 aromatic rings.